The van der Waals surface area contributed by atoms with E-state index in [-0.39, 0.29) is 0 Å². The van der Waals surface area contributed by atoms with E-state index in [1.54, 1.807) is 13.2 Å². The Morgan fingerprint density at radius 2 is 2.19 bits per heavy atom. The number of hydrogen-bond acceptors (Lipinski definition) is 6. The van der Waals surface area contributed by atoms with E-state index >= 15 is 0 Å². The molecule has 0 aliphatic heterocycles. The van der Waals surface area contributed by atoms with E-state index < -0.39 is 0 Å². The fourth-order valence-corrected chi connectivity index (χ4v) is 1.93. The molecule has 0 unspecified atom stereocenters. The van der Waals surface area contributed by atoms with Gasteiger partial charge < -0.3 is 19.3 Å². The fourth-order valence-electron chi connectivity index (χ4n) is 1.70. The van der Waals surface area contributed by atoms with Gasteiger partial charge in [0.05, 0.1) is 23.9 Å². The number of rotatable bonds is 8. The molecule has 0 aliphatic carbocycles. The van der Waals surface area contributed by atoms with Crippen LogP contribution >= 0.6 is 11.6 Å². The molecule has 2 aromatic rings. The number of benzene rings is 1. The van der Waals surface area contributed by atoms with Gasteiger partial charge in [-0.1, -0.05) is 29.7 Å². The number of anilines is 1. The van der Waals surface area contributed by atoms with E-state index in [1.165, 1.54) is 0 Å². The van der Waals surface area contributed by atoms with Crippen molar-refractivity contribution in [1.29, 1.82) is 0 Å². The van der Waals surface area contributed by atoms with Crippen LogP contribution in [0.15, 0.2) is 22.7 Å². The zero-order valence-corrected chi connectivity index (χ0v) is 12.8. The van der Waals surface area contributed by atoms with Gasteiger partial charge in [0.15, 0.2) is 11.6 Å². The number of nitrogens with zero attached hydrogens (tertiary/aromatic N) is 2. The van der Waals surface area contributed by atoms with Crippen LogP contribution in [0.2, 0.25) is 5.02 Å². The molecular weight excluding hydrogens is 294 g/mol. The Labute approximate surface area is 128 Å². The summed E-state index contributed by atoms with van der Waals surface area (Å²) < 4.78 is 15.7. The largest absolute Gasteiger partial charge is 0.487 e. The molecule has 0 atom stereocenters. The molecule has 0 fully saturated rings. The summed E-state index contributed by atoms with van der Waals surface area (Å²) in [6, 6.07) is 5.50. The summed E-state index contributed by atoms with van der Waals surface area (Å²) in [5.41, 5.74) is 0.773. The van der Waals surface area contributed by atoms with E-state index in [2.05, 4.69) is 15.5 Å². The molecule has 2 rings (SSSR count). The molecule has 0 bridgehead atoms. The molecule has 1 N–H and O–H groups in total. The highest BCUT2D eigenvalue weighted by atomic mass is 35.5. The van der Waals surface area contributed by atoms with Crippen molar-refractivity contribution >= 4 is 17.3 Å². The summed E-state index contributed by atoms with van der Waals surface area (Å²) in [7, 11) is 1.62. The maximum Gasteiger partial charge on any atom is 0.245 e. The van der Waals surface area contributed by atoms with Crippen molar-refractivity contribution in [2.24, 2.45) is 0 Å². The van der Waals surface area contributed by atoms with E-state index in [9.17, 15) is 0 Å². The first-order valence-corrected chi connectivity index (χ1v) is 7.08. The smallest absolute Gasteiger partial charge is 0.245 e. The second-order valence-corrected chi connectivity index (χ2v) is 4.68. The van der Waals surface area contributed by atoms with Crippen LogP contribution in [0, 0.1) is 0 Å². The Hall–Kier alpha value is -1.79. The SMILES string of the molecule is CCc1noc(CNc2cccc(Cl)c2OCCOC)n1. The van der Waals surface area contributed by atoms with Gasteiger partial charge in [0.2, 0.25) is 5.89 Å². The predicted molar refractivity (Wildman–Crippen MR) is 79.8 cm³/mol. The Bertz CT molecular complexity index is 574. The first kappa shape index (κ1) is 15.6. The molecule has 0 radical (unpaired) electrons. The van der Waals surface area contributed by atoms with Crippen LogP contribution in [0.3, 0.4) is 0 Å². The Balaban J connectivity index is 2.02. The average molecular weight is 312 g/mol. The number of methoxy groups -OCH3 is 1. The number of para-hydroxylation sites is 1. The molecular formula is C14H18ClN3O3. The lowest BCUT2D eigenvalue weighted by molar-refractivity contribution is 0.146. The van der Waals surface area contributed by atoms with Crippen LogP contribution < -0.4 is 10.1 Å². The number of ether oxygens (including phenoxy) is 2. The van der Waals surface area contributed by atoms with E-state index in [1.807, 2.05) is 19.1 Å². The topological polar surface area (TPSA) is 69.4 Å². The molecule has 0 saturated carbocycles. The van der Waals surface area contributed by atoms with Crippen LogP contribution in [0.5, 0.6) is 5.75 Å². The summed E-state index contributed by atoms with van der Waals surface area (Å²) >= 11 is 6.16. The van der Waals surface area contributed by atoms with Gasteiger partial charge in [-0.2, -0.15) is 4.98 Å². The van der Waals surface area contributed by atoms with Crippen LogP contribution in [0.4, 0.5) is 5.69 Å². The summed E-state index contributed by atoms with van der Waals surface area (Å²) in [6.07, 6.45) is 0.742. The van der Waals surface area contributed by atoms with Gasteiger partial charge in [0.25, 0.3) is 0 Å². The van der Waals surface area contributed by atoms with E-state index in [0.29, 0.717) is 42.2 Å². The molecule has 1 aromatic heterocycles. The summed E-state index contributed by atoms with van der Waals surface area (Å²) in [5, 5.41) is 7.57. The lowest BCUT2D eigenvalue weighted by Crippen LogP contribution is -2.08. The van der Waals surface area contributed by atoms with E-state index in [4.69, 9.17) is 25.6 Å². The molecule has 1 heterocycles. The highest BCUT2D eigenvalue weighted by Gasteiger charge is 2.10. The molecule has 6 nitrogen and oxygen atoms in total. The van der Waals surface area contributed by atoms with Crippen molar-refractivity contribution in [3.05, 3.63) is 34.9 Å². The summed E-state index contributed by atoms with van der Waals surface area (Å²) in [6.45, 7) is 3.30. The zero-order valence-electron chi connectivity index (χ0n) is 12.1. The number of hydrogen-bond donors (Lipinski definition) is 1. The molecule has 7 heteroatoms. The van der Waals surface area contributed by atoms with Crippen LogP contribution in [0.25, 0.3) is 0 Å². The van der Waals surface area contributed by atoms with Gasteiger partial charge in [-0.25, -0.2) is 0 Å². The van der Waals surface area contributed by atoms with Gasteiger partial charge in [-0.15, -0.1) is 0 Å². The van der Waals surface area contributed by atoms with Crippen LogP contribution in [-0.2, 0) is 17.7 Å². The van der Waals surface area contributed by atoms with Gasteiger partial charge >= 0.3 is 0 Å². The van der Waals surface area contributed by atoms with Crippen molar-refractivity contribution in [3.63, 3.8) is 0 Å². The molecule has 21 heavy (non-hydrogen) atoms. The molecule has 1 aromatic carbocycles. The Kier molecular flexibility index (Phi) is 5.83. The third kappa shape index (κ3) is 4.34. The number of aromatic nitrogens is 2. The first-order chi connectivity index (χ1) is 10.2. The third-order valence-corrected chi connectivity index (χ3v) is 3.05. The van der Waals surface area contributed by atoms with Crippen molar-refractivity contribution < 1.29 is 14.0 Å². The third-order valence-electron chi connectivity index (χ3n) is 2.76. The number of nitrogens with one attached hydrogen (secondary N) is 1. The maximum atomic E-state index is 6.16. The predicted octanol–water partition coefficient (Wildman–Crippen LogP) is 2.92. The molecule has 0 aliphatic rings. The zero-order chi connectivity index (χ0) is 15.1. The number of aryl methyl sites for hydroxylation is 1. The second-order valence-electron chi connectivity index (χ2n) is 4.27. The average Bonchev–Trinajstić information content (AvgIpc) is 2.95. The maximum absolute atomic E-state index is 6.16. The van der Waals surface area contributed by atoms with Crippen LogP contribution in [0.1, 0.15) is 18.6 Å². The van der Waals surface area contributed by atoms with Gasteiger partial charge in [-0.3, -0.25) is 0 Å². The lowest BCUT2D eigenvalue weighted by atomic mass is 10.3. The standard InChI is InChI=1S/C14H18ClN3O3/c1-3-12-17-13(21-18-12)9-16-11-6-4-5-10(15)14(11)20-8-7-19-2/h4-6,16H,3,7-9H2,1-2H3. The minimum absolute atomic E-state index is 0.411. The van der Waals surface area contributed by atoms with E-state index in [0.717, 1.165) is 12.1 Å². The van der Waals surface area contributed by atoms with Gasteiger partial charge in [0.1, 0.15) is 6.61 Å². The van der Waals surface area contributed by atoms with Crippen molar-refractivity contribution in [2.45, 2.75) is 19.9 Å². The summed E-state index contributed by atoms with van der Waals surface area (Å²) in [4.78, 5) is 4.24. The Morgan fingerprint density at radius 1 is 1.33 bits per heavy atom. The molecule has 114 valence electrons. The quantitative estimate of drug-likeness (QED) is 0.756. The van der Waals surface area contributed by atoms with Crippen molar-refractivity contribution in [1.82, 2.24) is 10.1 Å². The van der Waals surface area contributed by atoms with Crippen molar-refractivity contribution in [3.8, 4) is 5.75 Å². The monoisotopic (exact) mass is 311 g/mol. The summed E-state index contributed by atoms with van der Waals surface area (Å²) in [5.74, 6) is 1.80. The fraction of sp³-hybridized carbons (Fsp3) is 0.429. The highest BCUT2D eigenvalue weighted by Crippen LogP contribution is 2.33. The van der Waals surface area contributed by atoms with Gasteiger partial charge in [0, 0.05) is 13.5 Å². The molecule has 0 saturated heterocycles. The minimum Gasteiger partial charge on any atom is -0.487 e. The Morgan fingerprint density at radius 3 is 2.90 bits per heavy atom. The normalized spacial score (nSPS) is 10.6. The second kappa shape index (κ2) is 7.85. The number of halogens is 1. The van der Waals surface area contributed by atoms with Gasteiger partial charge in [-0.05, 0) is 12.1 Å². The highest BCUT2D eigenvalue weighted by molar-refractivity contribution is 6.32. The lowest BCUT2D eigenvalue weighted by Gasteiger charge is -2.13. The van der Waals surface area contributed by atoms with Crippen LogP contribution in [-0.4, -0.2) is 30.5 Å². The molecule has 0 spiro atoms. The first-order valence-electron chi connectivity index (χ1n) is 6.70. The molecule has 0 amide bonds. The van der Waals surface area contributed by atoms with Crippen molar-refractivity contribution in [2.75, 3.05) is 25.6 Å². The minimum atomic E-state index is 0.411.